The van der Waals surface area contributed by atoms with Gasteiger partial charge in [0.2, 0.25) is 0 Å². The minimum atomic E-state index is -1.23. The maximum absolute atomic E-state index is 13.2. The summed E-state index contributed by atoms with van der Waals surface area (Å²) in [5, 5.41) is 0. The number of carbonyl (C=O) groups excluding carboxylic acids is 3. The number of anilines is 1. The van der Waals surface area contributed by atoms with E-state index < -0.39 is 23.9 Å². The van der Waals surface area contributed by atoms with Crippen molar-refractivity contribution in [1.82, 2.24) is 0 Å². The van der Waals surface area contributed by atoms with Crippen molar-refractivity contribution in [3.63, 3.8) is 0 Å². The first kappa shape index (κ1) is 17.4. The van der Waals surface area contributed by atoms with E-state index in [0.717, 1.165) is 0 Å². The number of para-hydroxylation sites is 1. The molecular weight excluding hydrogens is 334 g/mol. The van der Waals surface area contributed by atoms with Gasteiger partial charge in [-0.05, 0) is 29.8 Å². The average Bonchev–Trinajstić information content (AvgIpc) is 2.71. The summed E-state index contributed by atoms with van der Waals surface area (Å²) in [5.74, 6) is -1.83. The third-order valence-corrected chi connectivity index (χ3v) is 4.15. The van der Waals surface area contributed by atoms with Crippen molar-refractivity contribution >= 4 is 29.6 Å². The first-order chi connectivity index (χ1) is 12.6. The number of methoxy groups -OCH3 is 2. The van der Waals surface area contributed by atoms with Crippen LogP contribution in [0.5, 0.6) is 0 Å². The molecule has 0 fully saturated rings. The van der Waals surface area contributed by atoms with Crippen molar-refractivity contribution in [2.75, 3.05) is 19.1 Å². The SMILES string of the molecule is COC(=O)C1=Cc2ccccc2N(C(=O)c2ccccc2)[C@H]1C(=O)OC. The molecule has 0 aromatic heterocycles. The summed E-state index contributed by atoms with van der Waals surface area (Å²) in [6.45, 7) is 0. The molecule has 0 unspecified atom stereocenters. The number of carbonyl (C=O) groups is 3. The molecule has 6 heteroatoms. The van der Waals surface area contributed by atoms with Crippen LogP contribution in [-0.2, 0) is 19.1 Å². The number of ether oxygens (including phenoxy) is 2. The Morgan fingerprint density at radius 1 is 0.885 bits per heavy atom. The monoisotopic (exact) mass is 351 g/mol. The molecule has 1 aliphatic heterocycles. The Balaban J connectivity index is 2.21. The molecule has 0 radical (unpaired) electrons. The Labute approximate surface area is 150 Å². The smallest absolute Gasteiger partial charge is 0.336 e. The van der Waals surface area contributed by atoms with Crippen molar-refractivity contribution in [2.24, 2.45) is 0 Å². The zero-order chi connectivity index (χ0) is 18.7. The van der Waals surface area contributed by atoms with Crippen LogP contribution >= 0.6 is 0 Å². The fourth-order valence-electron chi connectivity index (χ4n) is 2.93. The highest BCUT2D eigenvalue weighted by molar-refractivity contribution is 6.16. The van der Waals surface area contributed by atoms with E-state index in [0.29, 0.717) is 16.8 Å². The minimum absolute atomic E-state index is 0.0438. The largest absolute Gasteiger partial charge is 0.467 e. The number of esters is 2. The molecule has 1 amide bonds. The summed E-state index contributed by atoms with van der Waals surface area (Å²) in [7, 11) is 2.43. The second-order valence-corrected chi connectivity index (χ2v) is 5.62. The standard InChI is InChI=1S/C20H17NO5/c1-25-19(23)15-12-14-10-6-7-11-16(14)21(17(15)20(24)26-2)18(22)13-8-4-3-5-9-13/h3-12,17H,1-2H3/t17-/m1/s1. The van der Waals surface area contributed by atoms with E-state index in [1.807, 2.05) is 0 Å². The molecule has 2 aromatic carbocycles. The predicted octanol–water partition coefficient (Wildman–Crippen LogP) is 2.45. The lowest BCUT2D eigenvalue weighted by Gasteiger charge is -2.35. The highest BCUT2D eigenvalue weighted by atomic mass is 16.5. The third-order valence-electron chi connectivity index (χ3n) is 4.15. The van der Waals surface area contributed by atoms with E-state index >= 15 is 0 Å². The van der Waals surface area contributed by atoms with E-state index in [-0.39, 0.29) is 5.57 Å². The van der Waals surface area contributed by atoms with E-state index in [1.165, 1.54) is 19.1 Å². The molecule has 2 aromatic rings. The third kappa shape index (κ3) is 2.97. The van der Waals surface area contributed by atoms with Crippen molar-refractivity contribution in [1.29, 1.82) is 0 Å². The predicted molar refractivity (Wildman–Crippen MR) is 95.5 cm³/mol. The van der Waals surface area contributed by atoms with Crippen LogP contribution in [0, 0.1) is 0 Å². The van der Waals surface area contributed by atoms with Gasteiger partial charge in [0.05, 0.1) is 25.5 Å². The van der Waals surface area contributed by atoms with Crippen molar-refractivity contribution in [3.8, 4) is 0 Å². The number of amides is 1. The van der Waals surface area contributed by atoms with E-state index in [2.05, 4.69) is 0 Å². The van der Waals surface area contributed by atoms with Gasteiger partial charge in [-0.25, -0.2) is 9.59 Å². The van der Waals surface area contributed by atoms with Crippen LogP contribution in [0.3, 0.4) is 0 Å². The van der Waals surface area contributed by atoms with Gasteiger partial charge in [0.25, 0.3) is 5.91 Å². The highest BCUT2D eigenvalue weighted by Crippen LogP contribution is 2.35. The Hall–Kier alpha value is -3.41. The summed E-state index contributed by atoms with van der Waals surface area (Å²) in [6.07, 6.45) is 1.55. The van der Waals surface area contributed by atoms with Gasteiger partial charge in [-0.1, -0.05) is 36.4 Å². The fraction of sp³-hybridized carbons (Fsp3) is 0.150. The van der Waals surface area contributed by atoms with Gasteiger partial charge in [-0.2, -0.15) is 0 Å². The van der Waals surface area contributed by atoms with E-state index in [1.54, 1.807) is 60.7 Å². The molecule has 0 bridgehead atoms. The van der Waals surface area contributed by atoms with E-state index in [4.69, 9.17) is 9.47 Å². The zero-order valence-electron chi connectivity index (χ0n) is 14.3. The van der Waals surface area contributed by atoms with Gasteiger partial charge in [-0.3, -0.25) is 9.69 Å². The van der Waals surface area contributed by atoms with Gasteiger partial charge in [-0.15, -0.1) is 0 Å². The molecule has 26 heavy (non-hydrogen) atoms. The first-order valence-electron chi connectivity index (χ1n) is 7.94. The molecule has 132 valence electrons. The maximum Gasteiger partial charge on any atom is 0.336 e. The lowest BCUT2D eigenvalue weighted by atomic mass is 9.94. The van der Waals surface area contributed by atoms with Crippen LogP contribution in [0.4, 0.5) is 5.69 Å². The van der Waals surface area contributed by atoms with Gasteiger partial charge in [0.1, 0.15) is 0 Å². The van der Waals surface area contributed by atoms with Crippen LogP contribution in [0.2, 0.25) is 0 Å². The minimum Gasteiger partial charge on any atom is -0.467 e. The van der Waals surface area contributed by atoms with Gasteiger partial charge in [0.15, 0.2) is 6.04 Å². The lowest BCUT2D eigenvalue weighted by molar-refractivity contribution is -0.144. The molecule has 0 saturated heterocycles. The Morgan fingerprint density at radius 2 is 1.54 bits per heavy atom. The molecular formula is C20H17NO5. The summed E-state index contributed by atoms with van der Waals surface area (Å²) < 4.78 is 9.67. The summed E-state index contributed by atoms with van der Waals surface area (Å²) in [6, 6.07) is 14.3. The number of fused-ring (bicyclic) bond motifs is 1. The lowest BCUT2D eigenvalue weighted by Crippen LogP contribution is -2.50. The van der Waals surface area contributed by atoms with Gasteiger partial charge >= 0.3 is 11.9 Å². The molecule has 0 saturated carbocycles. The quantitative estimate of drug-likeness (QED) is 0.794. The van der Waals surface area contributed by atoms with Gasteiger partial charge in [0, 0.05) is 5.56 Å². The molecule has 1 atom stereocenters. The van der Waals surface area contributed by atoms with Crippen LogP contribution in [0.15, 0.2) is 60.2 Å². The van der Waals surface area contributed by atoms with Crippen LogP contribution in [0.1, 0.15) is 15.9 Å². The molecule has 0 spiro atoms. The summed E-state index contributed by atoms with van der Waals surface area (Å²) in [5.41, 5.74) is 1.59. The Morgan fingerprint density at radius 3 is 2.19 bits per heavy atom. The molecule has 0 aliphatic carbocycles. The second-order valence-electron chi connectivity index (χ2n) is 5.62. The summed E-state index contributed by atoms with van der Waals surface area (Å²) in [4.78, 5) is 39.2. The second kappa shape index (κ2) is 7.23. The Bertz CT molecular complexity index is 888. The number of benzene rings is 2. The average molecular weight is 351 g/mol. The molecule has 1 heterocycles. The van der Waals surface area contributed by atoms with Crippen LogP contribution in [0.25, 0.3) is 6.08 Å². The molecule has 1 aliphatic rings. The number of hydrogen-bond donors (Lipinski definition) is 0. The first-order valence-corrected chi connectivity index (χ1v) is 7.94. The molecule has 3 rings (SSSR count). The summed E-state index contributed by atoms with van der Waals surface area (Å²) >= 11 is 0. The number of rotatable bonds is 3. The number of hydrogen-bond acceptors (Lipinski definition) is 5. The van der Waals surface area contributed by atoms with Crippen molar-refractivity contribution < 1.29 is 23.9 Å². The molecule has 0 N–H and O–H groups in total. The van der Waals surface area contributed by atoms with Crippen LogP contribution in [-0.4, -0.2) is 38.1 Å². The fourth-order valence-corrected chi connectivity index (χ4v) is 2.93. The van der Waals surface area contributed by atoms with Crippen molar-refractivity contribution in [2.45, 2.75) is 6.04 Å². The Kier molecular flexibility index (Phi) is 4.84. The maximum atomic E-state index is 13.2. The molecule has 6 nitrogen and oxygen atoms in total. The highest BCUT2D eigenvalue weighted by Gasteiger charge is 2.42. The normalized spacial score (nSPS) is 15.5. The van der Waals surface area contributed by atoms with Crippen molar-refractivity contribution in [3.05, 3.63) is 71.3 Å². The zero-order valence-corrected chi connectivity index (χ0v) is 14.3. The van der Waals surface area contributed by atoms with Gasteiger partial charge < -0.3 is 9.47 Å². The van der Waals surface area contributed by atoms with E-state index in [9.17, 15) is 14.4 Å². The number of nitrogens with zero attached hydrogens (tertiary/aromatic N) is 1. The topological polar surface area (TPSA) is 72.9 Å². The van der Waals surface area contributed by atoms with Crippen LogP contribution < -0.4 is 4.90 Å².